The van der Waals surface area contributed by atoms with Gasteiger partial charge in [-0.1, -0.05) is 0 Å². The molecule has 2 unspecified atom stereocenters. The second-order valence-corrected chi connectivity index (χ2v) is 7.84. The lowest BCUT2D eigenvalue weighted by atomic mass is 9.65. The smallest absolute Gasteiger partial charge is 0.103 e. The lowest BCUT2D eigenvalue weighted by Crippen LogP contribution is -3.29. The van der Waals surface area contributed by atoms with Gasteiger partial charge < -0.3 is 9.80 Å². The Balaban J connectivity index is 1.61. The maximum atomic E-state index is 2.63. The van der Waals surface area contributed by atoms with Gasteiger partial charge in [-0.2, -0.15) is 0 Å². The molecule has 6 atom stereocenters. The maximum absolute atomic E-state index is 2.63. The Morgan fingerprint density at radius 2 is 1.89 bits per heavy atom. The number of nitrogens with one attached hydrogen (secondary N) is 2. The monoisotopic (exact) mass is 250 g/mol. The molecule has 0 spiro atoms. The summed E-state index contributed by atoms with van der Waals surface area (Å²) in [5.74, 6) is 2.11. The van der Waals surface area contributed by atoms with Crippen molar-refractivity contribution < 1.29 is 9.80 Å². The van der Waals surface area contributed by atoms with E-state index in [-0.39, 0.29) is 0 Å². The molecule has 0 aliphatic carbocycles. The normalized spacial score (nSPS) is 55.5. The Kier molecular flexibility index (Phi) is 2.74. The van der Waals surface area contributed by atoms with Gasteiger partial charge in [0.15, 0.2) is 0 Å². The lowest BCUT2D eigenvalue weighted by Gasteiger charge is -2.57. The van der Waals surface area contributed by atoms with Crippen LogP contribution in [0.5, 0.6) is 0 Å². The van der Waals surface area contributed by atoms with Crippen LogP contribution in [0, 0.1) is 11.8 Å². The molecule has 0 aromatic rings. The third-order valence-corrected chi connectivity index (χ3v) is 7.09. The summed E-state index contributed by atoms with van der Waals surface area (Å²) >= 11 is 0. The number of fused-ring (bicyclic) bond motifs is 6. The molecule has 4 aliphatic rings. The van der Waals surface area contributed by atoms with Gasteiger partial charge in [0.25, 0.3) is 0 Å². The van der Waals surface area contributed by atoms with E-state index in [2.05, 4.69) is 6.92 Å². The molecule has 4 aliphatic heterocycles. The van der Waals surface area contributed by atoms with Gasteiger partial charge >= 0.3 is 0 Å². The summed E-state index contributed by atoms with van der Waals surface area (Å²) in [6.45, 7) is 8.63. The lowest BCUT2D eigenvalue weighted by molar-refractivity contribution is -1.01. The van der Waals surface area contributed by atoms with Crippen molar-refractivity contribution in [3.05, 3.63) is 0 Å². The van der Waals surface area contributed by atoms with Gasteiger partial charge in [-0.25, -0.2) is 0 Å². The molecule has 2 nitrogen and oxygen atoms in total. The standard InChI is InChI=1S/C16H28N2/c1-16-7-3-5-9-18(16)11-13-10-14(16)12-17-8-4-2-6-15(13)17/h13-15H,2-12H2,1H3/p+2/t13-,14-,15-,16-/m1/s1. The van der Waals surface area contributed by atoms with Crippen LogP contribution in [0.25, 0.3) is 0 Å². The fourth-order valence-corrected chi connectivity index (χ4v) is 6.01. The molecule has 4 heterocycles. The summed E-state index contributed by atoms with van der Waals surface area (Å²) in [4.78, 5) is 4.01. The van der Waals surface area contributed by atoms with E-state index in [4.69, 9.17) is 0 Å². The second kappa shape index (κ2) is 4.21. The van der Waals surface area contributed by atoms with Gasteiger partial charge in [-0.3, -0.25) is 0 Å². The third-order valence-electron chi connectivity index (χ3n) is 7.09. The van der Waals surface area contributed by atoms with E-state index >= 15 is 0 Å². The zero-order valence-electron chi connectivity index (χ0n) is 12.0. The van der Waals surface area contributed by atoms with E-state index in [1.807, 2.05) is 9.80 Å². The van der Waals surface area contributed by atoms with Crippen molar-refractivity contribution in [2.24, 2.45) is 11.8 Å². The first-order valence-corrected chi connectivity index (χ1v) is 8.47. The van der Waals surface area contributed by atoms with Crippen molar-refractivity contribution in [1.82, 2.24) is 0 Å². The van der Waals surface area contributed by atoms with Crippen molar-refractivity contribution in [1.29, 1.82) is 0 Å². The third kappa shape index (κ3) is 1.61. The minimum atomic E-state index is 0.657. The van der Waals surface area contributed by atoms with Gasteiger partial charge in [-0.15, -0.1) is 0 Å². The van der Waals surface area contributed by atoms with Crippen LogP contribution in [-0.4, -0.2) is 37.8 Å². The highest BCUT2D eigenvalue weighted by Crippen LogP contribution is 2.35. The fraction of sp³-hybridized carbons (Fsp3) is 1.00. The average molecular weight is 250 g/mol. The van der Waals surface area contributed by atoms with Gasteiger partial charge in [-0.05, 0) is 39.0 Å². The highest BCUT2D eigenvalue weighted by atomic mass is 15.3. The summed E-state index contributed by atoms with van der Waals surface area (Å²) in [6.07, 6.45) is 10.6. The van der Waals surface area contributed by atoms with Crippen LogP contribution in [0.3, 0.4) is 0 Å². The Morgan fingerprint density at radius 1 is 1.00 bits per heavy atom. The Hall–Kier alpha value is -0.0800. The molecule has 0 aromatic carbocycles. The summed E-state index contributed by atoms with van der Waals surface area (Å²) in [5, 5.41) is 0. The van der Waals surface area contributed by atoms with Gasteiger partial charge in [0.2, 0.25) is 0 Å². The number of piperidine rings is 4. The molecule has 0 aromatic heterocycles. The van der Waals surface area contributed by atoms with Crippen LogP contribution in [0.1, 0.15) is 51.9 Å². The van der Waals surface area contributed by atoms with Crippen LogP contribution in [0.2, 0.25) is 0 Å². The first-order chi connectivity index (χ1) is 8.77. The molecule has 2 heteroatoms. The molecule has 0 radical (unpaired) electrons. The van der Waals surface area contributed by atoms with Crippen molar-refractivity contribution in [2.75, 3.05) is 26.2 Å². The van der Waals surface area contributed by atoms with Crippen molar-refractivity contribution in [3.8, 4) is 0 Å². The van der Waals surface area contributed by atoms with E-state index in [1.54, 1.807) is 6.42 Å². The molecule has 2 N–H and O–H groups in total. The highest BCUT2D eigenvalue weighted by molar-refractivity contribution is 4.93. The molecule has 4 saturated heterocycles. The number of hydrogen-bond acceptors (Lipinski definition) is 0. The highest BCUT2D eigenvalue weighted by Gasteiger charge is 2.57. The van der Waals surface area contributed by atoms with Crippen LogP contribution in [-0.2, 0) is 0 Å². The van der Waals surface area contributed by atoms with E-state index in [0.29, 0.717) is 5.54 Å². The molecule has 0 amide bonds. The van der Waals surface area contributed by atoms with Crippen molar-refractivity contribution >= 4 is 0 Å². The molecular formula is C16H30N2+2. The topological polar surface area (TPSA) is 8.88 Å². The number of quaternary nitrogens is 2. The first-order valence-electron chi connectivity index (χ1n) is 8.47. The fourth-order valence-electron chi connectivity index (χ4n) is 6.01. The summed E-state index contributed by atoms with van der Waals surface area (Å²) in [7, 11) is 0. The zero-order valence-corrected chi connectivity index (χ0v) is 12.0. The Bertz CT molecular complexity index is 329. The minimum Gasteiger partial charge on any atom is -0.332 e. The quantitative estimate of drug-likeness (QED) is 0.594. The van der Waals surface area contributed by atoms with E-state index < -0.39 is 0 Å². The summed E-state index contributed by atoms with van der Waals surface area (Å²) in [5.41, 5.74) is 0.657. The van der Waals surface area contributed by atoms with E-state index in [9.17, 15) is 0 Å². The van der Waals surface area contributed by atoms with Gasteiger partial charge in [0, 0.05) is 12.8 Å². The van der Waals surface area contributed by atoms with Crippen molar-refractivity contribution in [2.45, 2.75) is 63.5 Å². The van der Waals surface area contributed by atoms with E-state index in [1.165, 1.54) is 64.7 Å². The molecule has 0 saturated carbocycles. The second-order valence-electron chi connectivity index (χ2n) is 7.84. The van der Waals surface area contributed by atoms with Gasteiger partial charge in [0.05, 0.1) is 44.1 Å². The number of hydrogen-bond donors (Lipinski definition) is 2. The summed E-state index contributed by atoms with van der Waals surface area (Å²) < 4.78 is 0. The Morgan fingerprint density at radius 3 is 2.83 bits per heavy atom. The largest absolute Gasteiger partial charge is 0.332 e. The Labute approximate surface area is 112 Å². The maximum Gasteiger partial charge on any atom is 0.103 e. The first kappa shape index (κ1) is 11.7. The van der Waals surface area contributed by atoms with Crippen LogP contribution in [0.15, 0.2) is 0 Å². The minimum absolute atomic E-state index is 0.657. The molecular weight excluding hydrogens is 220 g/mol. The molecule has 4 fully saturated rings. The molecule has 102 valence electrons. The van der Waals surface area contributed by atoms with Crippen LogP contribution >= 0.6 is 0 Å². The number of rotatable bonds is 0. The molecule has 4 rings (SSSR count). The van der Waals surface area contributed by atoms with E-state index in [0.717, 1.165) is 17.9 Å². The van der Waals surface area contributed by atoms with Gasteiger partial charge in [0.1, 0.15) is 5.54 Å². The van der Waals surface area contributed by atoms with Crippen LogP contribution < -0.4 is 9.80 Å². The predicted molar refractivity (Wildman–Crippen MR) is 72.9 cm³/mol. The van der Waals surface area contributed by atoms with Crippen molar-refractivity contribution in [3.63, 3.8) is 0 Å². The predicted octanol–water partition coefficient (Wildman–Crippen LogP) is -0.0990. The average Bonchev–Trinajstić information content (AvgIpc) is 2.40. The van der Waals surface area contributed by atoms with Crippen LogP contribution in [0.4, 0.5) is 0 Å². The molecule has 2 bridgehead atoms. The zero-order chi connectivity index (χ0) is 12.2. The summed E-state index contributed by atoms with van der Waals surface area (Å²) in [6, 6.07) is 1.05. The SMILES string of the molecule is C[C@]12CCCC[NH+]1C[C@H]1C[C@@H]2C[NH+]2CCCC[C@H]12. The molecule has 18 heavy (non-hydrogen) atoms.